The maximum absolute atomic E-state index is 12.8. The number of nitrogens with zero attached hydrogens (tertiary/aromatic N) is 1. The number of rotatable bonds is 2. The average molecular weight is 191 g/mol. The van der Waals surface area contributed by atoms with Crippen LogP contribution in [-0.4, -0.2) is 12.8 Å². The Kier molecular flexibility index (Phi) is 3.57. The van der Waals surface area contributed by atoms with E-state index in [0.717, 1.165) is 16.8 Å². The molecule has 14 heavy (non-hydrogen) atoms. The zero-order chi connectivity index (χ0) is 10.6. The molecule has 0 aliphatic rings. The summed E-state index contributed by atoms with van der Waals surface area (Å²) in [5.74, 6) is -0.206. The summed E-state index contributed by atoms with van der Waals surface area (Å²) in [5, 5.41) is 0. The van der Waals surface area contributed by atoms with Crippen LogP contribution < -0.4 is 0 Å². The first kappa shape index (κ1) is 10.6. The van der Waals surface area contributed by atoms with Crippen molar-refractivity contribution < 1.29 is 4.39 Å². The highest BCUT2D eigenvalue weighted by Crippen LogP contribution is 2.12. The molecule has 0 atom stereocenters. The molecule has 0 saturated carbocycles. The number of aryl methyl sites for hydroxylation is 1. The van der Waals surface area contributed by atoms with Crippen molar-refractivity contribution in [3.8, 4) is 0 Å². The summed E-state index contributed by atoms with van der Waals surface area (Å²) in [6, 6.07) is 4.73. The minimum Gasteiger partial charge on any atom is -0.288 e. The predicted molar refractivity (Wildman–Crippen MR) is 58.4 cm³/mol. The highest BCUT2D eigenvalue weighted by Gasteiger charge is 2.03. The molecule has 0 radical (unpaired) electrons. The van der Waals surface area contributed by atoms with Crippen molar-refractivity contribution in [3.63, 3.8) is 0 Å². The summed E-state index contributed by atoms with van der Waals surface area (Å²) in [5.41, 5.74) is 2.76. The van der Waals surface area contributed by atoms with Gasteiger partial charge in [0.15, 0.2) is 0 Å². The third kappa shape index (κ3) is 2.28. The second-order valence-corrected chi connectivity index (χ2v) is 3.07. The monoisotopic (exact) mass is 191 g/mol. The number of allylic oxidation sites excluding steroid dienone is 2. The van der Waals surface area contributed by atoms with E-state index in [1.54, 1.807) is 13.1 Å². The van der Waals surface area contributed by atoms with Gasteiger partial charge in [0.25, 0.3) is 0 Å². The number of halogens is 1. The molecule has 1 aromatic rings. The molecule has 0 amide bonds. The normalized spacial score (nSPS) is 12.4. The van der Waals surface area contributed by atoms with Gasteiger partial charge in [-0.25, -0.2) is 4.39 Å². The van der Waals surface area contributed by atoms with Gasteiger partial charge in [-0.3, -0.25) is 4.99 Å². The first-order valence-electron chi connectivity index (χ1n) is 4.55. The smallest absolute Gasteiger partial charge is 0.123 e. The van der Waals surface area contributed by atoms with E-state index in [1.807, 2.05) is 26.0 Å². The lowest BCUT2D eigenvalue weighted by Gasteiger charge is -2.04. The SMILES string of the molecule is C/C=C\C(=N/C)c1ccc(F)cc1C. The van der Waals surface area contributed by atoms with Crippen LogP contribution >= 0.6 is 0 Å². The summed E-state index contributed by atoms with van der Waals surface area (Å²) >= 11 is 0. The topological polar surface area (TPSA) is 12.4 Å². The van der Waals surface area contributed by atoms with E-state index in [2.05, 4.69) is 4.99 Å². The lowest BCUT2D eigenvalue weighted by atomic mass is 10.0. The van der Waals surface area contributed by atoms with E-state index < -0.39 is 0 Å². The minimum atomic E-state index is -0.206. The highest BCUT2D eigenvalue weighted by atomic mass is 19.1. The van der Waals surface area contributed by atoms with E-state index >= 15 is 0 Å². The Hall–Kier alpha value is -1.44. The maximum atomic E-state index is 12.8. The third-order valence-electron chi connectivity index (χ3n) is 2.03. The zero-order valence-corrected chi connectivity index (χ0v) is 8.71. The Labute approximate surface area is 84.0 Å². The summed E-state index contributed by atoms with van der Waals surface area (Å²) in [7, 11) is 1.73. The molecule has 0 aliphatic carbocycles. The highest BCUT2D eigenvalue weighted by molar-refractivity contribution is 6.09. The van der Waals surface area contributed by atoms with Crippen molar-refractivity contribution in [2.24, 2.45) is 4.99 Å². The fourth-order valence-corrected chi connectivity index (χ4v) is 1.36. The van der Waals surface area contributed by atoms with Gasteiger partial charge in [-0.15, -0.1) is 0 Å². The second-order valence-electron chi connectivity index (χ2n) is 3.07. The fourth-order valence-electron chi connectivity index (χ4n) is 1.36. The quantitative estimate of drug-likeness (QED) is 0.637. The van der Waals surface area contributed by atoms with Crippen LogP contribution in [0.2, 0.25) is 0 Å². The summed E-state index contributed by atoms with van der Waals surface area (Å²) in [4.78, 5) is 4.15. The minimum absolute atomic E-state index is 0.206. The van der Waals surface area contributed by atoms with Crippen molar-refractivity contribution in [3.05, 3.63) is 47.3 Å². The Morgan fingerprint density at radius 1 is 1.43 bits per heavy atom. The molecular weight excluding hydrogens is 177 g/mol. The van der Waals surface area contributed by atoms with E-state index in [9.17, 15) is 4.39 Å². The Morgan fingerprint density at radius 2 is 2.14 bits per heavy atom. The molecule has 0 bridgehead atoms. The maximum Gasteiger partial charge on any atom is 0.123 e. The van der Waals surface area contributed by atoms with Crippen LogP contribution in [0, 0.1) is 12.7 Å². The molecule has 0 aliphatic heterocycles. The van der Waals surface area contributed by atoms with Crippen LogP contribution in [0.4, 0.5) is 4.39 Å². The van der Waals surface area contributed by atoms with E-state index in [0.29, 0.717) is 0 Å². The van der Waals surface area contributed by atoms with Gasteiger partial charge in [0, 0.05) is 12.6 Å². The van der Waals surface area contributed by atoms with E-state index in [-0.39, 0.29) is 5.82 Å². The summed E-state index contributed by atoms with van der Waals surface area (Å²) < 4.78 is 12.8. The molecule has 0 fully saturated rings. The number of benzene rings is 1. The van der Waals surface area contributed by atoms with Gasteiger partial charge >= 0.3 is 0 Å². The van der Waals surface area contributed by atoms with Gasteiger partial charge < -0.3 is 0 Å². The Bertz CT molecular complexity index is 378. The second kappa shape index (κ2) is 4.70. The van der Waals surface area contributed by atoms with Crippen LogP contribution in [-0.2, 0) is 0 Å². The number of hydrogen-bond donors (Lipinski definition) is 0. The zero-order valence-electron chi connectivity index (χ0n) is 8.71. The van der Waals surface area contributed by atoms with Crippen molar-refractivity contribution in [1.29, 1.82) is 0 Å². The van der Waals surface area contributed by atoms with Crippen molar-refractivity contribution in [2.45, 2.75) is 13.8 Å². The molecule has 0 saturated heterocycles. The van der Waals surface area contributed by atoms with Crippen molar-refractivity contribution in [2.75, 3.05) is 7.05 Å². The molecule has 1 rings (SSSR count). The number of hydrogen-bond acceptors (Lipinski definition) is 1. The van der Waals surface area contributed by atoms with Gasteiger partial charge in [0.05, 0.1) is 5.71 Å². The molecule has 0 heterocycles. The molecule has 0 unspecified atom stereocenters. The number of aliphatic imine (C=N–C) groups is 1. The lowest BCUT2D eigenvalue weighted by molar-refractivity contribution is 0.626. The van der Waals surface area contributed by atoms with Gasteiger partial charge in [-0.05, 0) is 43.7 Å². The van der Waals surface area contributed by atoms with Gasteiger partial charge in [0.2, 0.25) is 0 Å². The van der Waals surface area contributed by atoms with Crippen LogP contribution in [0.25, 0.3) is 0 Å². The van der Waals surface area contributed by atoms with Crippen LogP contribution in [0.15, 0.2) is 35.3 Å². The molecule has 74 valence electrons. The standard InChI is InChI=1S/C12H14FN/c1-4-5-12(14-3)11-7-6-10(13)8-9(11)2/h4-8H,1-3H3/b5-4-,14-12+. The van der Waals surface area contributed by atoms with Gasteiger partial charge in [-0.1, -0.05) is 6.08 Å². The average Bonchev–Trinajstić information content (AvgIpc) is 2.15. The first-order valence-corrected chi connectivity index (χ1v) is 4.55. The van der Waals surface area contributed by atoms with Crippen LogP contribution in [0.5, 0.6) is 0 Å². The van der Waals surface area contributed by atoms with Crippen LogP contribution in [0.1, 0.15) is 18.1 Å². The first-order chi connectivity index (χ1) is 6.69. The van der Waals surface area contributed by atoms with E-state index in [4.69, 9.17) is 0 Å². The van der Waals surface area contributed by atoms with Crippen molar-refractivity contribution in [1.82, 2.24) is 0 Å². The van der Waals surface area contributed by atoms with E-state index in [1.165, 1.54) is 12.1 Å². The predicted octanol–water partition coefficient (Wildman–Crippen LogP) is 3.13. The van der Waals surface area contributed by atoms with Gasteiger partial charge in [-0.2, -0.15) is 0 Å². The molecule has 0 spiro atoms. The fraction of sp³-hybridized carbons (Fsp3) is 0.250. The largest absolute Gasteiger partial charge is 0.288 e. The lowest BCUT2D eigenvalue weighted by Crippen LogP contribution is -2.00. The summed E-state index contributed by atoms with van der Waals surface area (Å²) in [6.45, 7) is 3.82. The Morgan fingerprint density at radius 3 is 2.64 bits per heavy atom. The van der Waals surface area contributed by atoms with Crippen molar-refractivity contribution >= 4 is 5.71 Å². The summed E-state index contributed by atoms with van der Waals surface area (Å²) in [6.07, 6.45) is 3.84. The van der Waals surface area contributed by atoms with Crippen LogP contribution in [0.3, 0.4) is 0 Å². The third-order valence-corrected chi connectivity index (χ3v) is 2.03. The Balaban J connectivity index is 3.18. The molecular formula is C12H14FN. The van der Waals surface area contributed by atoms with Gasteiger partial charge in [0.1, 0.15) is 5.82 Å². The molecule has 0 N–H and O–H groups in total. The molecule has 0 aromatic heterocycles. The molecule has 2 heteroatoms. The molecule has 1 aromatic carbocycles. The molecule has 1 nitrogen and oxygen atoms in total.